The second-order valence-electron chi connectivity index (χ2n) is 9.23. The molecule has 0 aliphatic heterocycles. The van der Waals surface area contributed by atoms with Gasteiger partial charge in [0.2, 0.25) is 11.1 Å². The van der Waals surface area contributed by atoms with E-state index in [4.69, 9.17) is 9.72 Å². The zero-order valence-electron chi connectivity index (χ0n) is 19.3. The van der Waals surface area contributed by atoms with Crippen LogP contribution in [0.1, 0.15) is 81.5 Å². The van der Waals surface area contributed by atoms with E-state index in [2.05, 4.69) is 36.3 Å². The fourth-order valence-electron chi connectivity index (χ4n) is 4.96. The average Bonchev–Trinajstić information content (AvgIpc) is 3.11. The molecule has 8 heteroatoms. The fraction of sp³-hybridized carbons (Fsp3) is 0.542. The molecule has 1 amide bonds. The second kappa shape index (κ2) is 8.46. The minimum atomic E-state index is -0.131. The van der Waals surface area contributed by atoms with Crippen LogP contribution in [0.15, 0.2) is 23.4 Å². The van der Waals surface area contributed by atoms with Crippen molar-refractivity contribution in [3.63, 3.8) is 0 Å². The van der Waals surface area contributed by atoms with Crippen LogP contribution in [0.4, 0.5) is 5.69 Å². The van der Waals surface area contributed by atoms with Gasteiger partial charge in [0.1, 0.15) is 5.75 Å². The molecule has 1 N–H and O–H groups in total. The fourth-order valence-corrected chi connectivity index (χ4v) is 5.64. The van der Waals surface area contributed by atoms with Crippen molar-refractivity contribution in [2.45, 2.75) is 70.4 Å². The van der Waals surface area contributed by atoms with Crippen LogP contribution in [-0.4, -0.2) is 39.2 Å². The van der Waals surface area contributed by atoms with Gasteiger partial charge in [-0.15, -0.1) is 5.10 Å². The van der Waals surface area contributed by atoms with Gasteiger partial charge in [-0.1, -0.05) is 39.5 Å². The number of hydrogen-bond acceptors (Lipinski definition) is 7. The van der Waals surface area contributed by atoms with Crippen LogP contribution in [0.25, 0.3) is 0 Å². The predicted octanol–water partition coefficient (Wildman–Crippen LogP) is 4.77. The number of aromatic nitrogens is 3. The van der Waals surface area contributed by atoms with Gasteiger partial charge in [-0.3, -0.25) is 9.59 Å². The summed E-state index contributed by atoms with van der Waals surface area (Å²) in [6.07, 6.45) is 2.59. The van der Waals surface area contributed by atoms with Gasteiger partial charge >= 0.3 is 0 Å². The number of fused-ring (bicyclic) bond motifs is 5. The molecule has 0 saturated heterocycles. The Balaban J connectivity index is 1.49. The van der Waals surface area contributed by atoms with Crippen LogP contribution in [0, 0.1) is 5.41 Å². The third-order valence-corrected chi connectivity index (χ3v) is 8.14. The largest absolute Gasteiger partial charge is 0.492 e. The molecule has 170 valence electrons. The Bertz CT molecular complexity index is 1070. The van der Waals surface area contributed by atoms with Gasteiger partial charge in [-0.2, -0.15) is 5.10 Å². The van der Waals surface area contributed by atoms with Gasteiger partial charge in [-0.05, 0) is 43.4 Å². The summed E-state index contributed by atoms with van der Waals surface area (Å²) >= 11 is 1.30. The highest BCUT2D eigenvalue weighted by Crippen LogP contribution is 2.66. The number of ether oxygens (including phenoxy) is 1. The quantitative estimate of drug-likeness (QED) is 0.453. The number of ketones is 1. The summed E-state index contributed by atoms with van der Waals surface area (Å²) in [5, 5.41) is 12.2. The lowest BCUT2D eigenvalue weighted by Gasteiger charge is -2.33. The highest BCUT2D eigenvalue weighted by molar-refractivity contribution is 7.99. The highest BCUT2D eigenvalue weighted by Gasteiger charge is 2.61. The van der Waals surface area contributed by atoms with E-state index in [1.807, 2.05) is 6.92 Å². The Morgan fingerprint density at radius 2 is 2.00 bits per heavy atom. The van der Waals surface area contributed by atoms with Gasteiger partial charge in [-0.25, -0.2) is 4.98 Å². The van der Waals surface area contributed by atoms with E-state index in [0.29, 0.717) is 41.1 Å². The summed E-state index contributed by atoms with van der Waals surface area (Å²) in [6, 6.07) is 5.12. The number of Topliss-reactive ketones (excluding diaryl/α,β-unsaturated/α-hetero) is 1. The highest BCUT2D eigenvalue weighted by atomic mass is 32.2. The van der Waals surface area contributed by atoms with Crippen molar-refractivity contribution in [3.8, 4) is 5.75 Å². The van der Waals surface area contributed by atoms with Crippen LogP contribution in [0.3, 0.4) is 0 Å². The summed E-state index contributed by atoms with van der Waals surface area (Å²) in [4.78, 5) is 29.6. The van der Waals surface area contributed by atoms with Crippen molar-refractivity contribution in [1.82, 2.24) is 15.2 Å². The normalized spacial score (nSPS) is 22.5. The molecule has 1 aromatic heterocycles. The van der Waals surface area contributed by atoms with E-state index >= 15 is 0 Å². The summed E-state index contributed by atoms with van der Waals surface area (Å²) in [5.41, 5.74) is 3.22. The summed E-state index contributed by atoms with van der Waals surface area (Å²) in [5.74, 6) is 0.953. The molecule has 0 spiro atoms. The Hall–Kier alpha value is -2.48. The number of rotatable bonds is 8. The first kappa shape index (κ1) is 22.7. The Morgan fingerprint density at radius 3 is 2.72 bits per heavy atom. The van der Waals surface area contributed by atoms with Crippen LogP contribution < -0.4 is 10.1 Å². The lowest BCUT2D eigenvalue weighted by Crippen LogP contribution is -2.32. The molecule has 2 aliphatic rings. The molecular formula is C24H30N4O3S. The lowest BCUT2D eigenvalue weighted by molar-refractivity contribution is -0.115. The van der Waals surface area contributed by atoms with Crippen molar-refractivity contribution in [2.75, 3.05) is 17.7 Å². The lowest BCUT2D eigenvalue weighted by atomic mass is 9.70. The summed E-state index contributed by atoms with van der Waals surface area (Å²) in [6.45, 7) is 11.0. The maximum absolute atomic E-state index is 12.9. The number of carbonyl (C=O) groups excluding carboxylic acids is 2. The third-order valence-electron chi connectivity index (χ3n) is 7.30. The molecule has 32 heavy (non-hydrogen) atoms. The molecule has 2 atom stereocenters. The minimum absolute atomic E-state index is 0.00372. The number of anilines is 1. The van der Waals surface area contributed by atoms with Gasteiger partial charge in [0, 0.05) is 23.3 Å². The molecule has 2 bridgehead atoms. The zero-order valence-corrected chi connectivity index (χ0v) is 20.1. The van der Waals surface area contributed by atoms with Crippen molar-refractivity contribution in [3.05, 3.63) is 35.2 Å². The van der Waals surface area contributed by atoms with Crippen LogP contribution in [0.5, 0.6) is 5.75 Å². The first-order chi connectivity index (χ1) is 15.2. The first-order valence-corrected chi connectivity index (χ1v) is 12.2. The van der Waals surface area contributed by atoms with Crippen LogP contribution in [-0.2, 0) is 10.2 Å². The van der Waals surface area contributed by atoms with Gasteiger partial charge in [0.15, 0.2) is 5.78 Å². The number of thioether (sulfide) groups is 1. The van der Waals surface area contributed by atoms with E-state index in [0.717, 1.165) is 24.2 Å². The van der Waals surface area contributed by atoms with Crippen molar-refractivity contribution < 1.29 is 14.3 Å². The maximum atomic E-state index is 12.9. The topological polar surface area (TPSA) is 94.1 Å². The van der Waals surface area contributed by atoms with Crippen molar-refractivity contribution >= 4 is 29.1 Å². The van der Waals surface area contributed by atoms with Gasteiger partial charge < -0.3 is 10.1 Å². The van der Waals surface area contributed by atoms with Gasteiger partial charge in [0.25, 0.3) is 0 Å². The van der Waals surface area contributed by atoms with Crippen molar-refractivity contribution in [1.29, 1.82) is 0 Å². The Kier molecular flexibility index (Phi) is 6.00. The summed E-state index contributed by atoms with van der Waals surface area (Å²) in [7, 11) is 0. The molecule has 4 rings (SSSR count). The number of nitrogens with zero attached hydrogens (tertiary/aromatic N) is 3. The molecule has 0 radical (unpaired) electrons. The molecule has 0 unspecified atom stereocenters. The second-order valence-corrected chi connectivity index (χ2v) is 10.2. The van der Waals surface area contributed by atoms with E-state index in [-0.39, 0.29) is 28.3 Å². The van der Waals surface area contributed by atoms with E-state index in [1.54, 1.807) is 25.1 Å². The SMILES string of the molecule is CCOc1ccc(C(=O)CSc2nnc3c(n2)[C@@]2(C)CC[C@@H]3C2(C)C)cc1NC(=O)CC. The third kappa shape index (κ3) is 3.68. The maximum Gasteiger partial charge on any atom is 0.224 e. The number of amides is 1. The van der Waals surface area contributed by atoms with Crippen LogP contribution >= 0.6 is 11.8 Å². The Morgan fingerprint density at radius 1 is 1.22 bits per heavy atom. The number of hydrogen-bond donors (Lipinski definition) is 1. The monoisotopic (exact) mass is 454 g/mol. The van der Waals surface area contributed by atoms with E-state index in [1.165, 1.54) is 11.8 Å². The molecule has 1 fully saturated rings. The molecule has 7 nitrogen and oxygen atoms in total. The Labute approximate surface area is 193 Å². The molecule has 1 aromatic carbocycles. The zero-order chi connectivity index (χ0) is 23.1. The number of carbonyl (C=O) groups is 2. The summed E-state index contributed by atoms with van der Waals surface area (Å²) < 4.78 is 5.58. The molecular weight excluding hydrogens is 424 g/mol. The molecule has 1 heterocycles. The number of benzene rings is 1. The van der Waals surface area contributed by atoms with E-state index < -0.39 is 0 Å². The van der Waals surface area contributed by atoms with Crippen molar-refractivity contribution in [2.24, 2.45) is 5.41 Å². The van der Waals surface area contributed by atoms with Crippen LogP contribution in [0.2, 0.25) is 0 Å². The minimum Gasteiger partial charge on any atom is -0.492 e. The average molecular weight is 455 g/mol. The first-order valence-electron chi connectivity index (χ1n) is 11.2. The molecule has 1 saturated carbocycles. The smallest absolute Gasteiger partial charge is 0.224 e. The molecule has 2 aromatic rings. The standard InChI is InChI=1S/C24H30N4O3S/c1-6-19(30)25-16-12-14(8-9-18(16)31-7-2)17(29)13-32-22-26-21-20(27-28-22)15-10-11-24(21,5)23(15,3)4/h8-9,12,15H,6-7,10-11,13H2,1-5H3,(H,25,30)/t15-,24+/m0/s1. The van der Waals surface area contributed by atoms with Gasteiger partial charge in [0.05, 0.1) is 29.4 Å². The molecule has 2 aliphatic carbocycles. The number of nitrogens with one attached hydrogen (secondary N) is 1. The predicted molar refractivity (Wildman–Crippen MR) is 125 cm³/mol. The van der Waals surface area contributed by atoms with E-state index in [9.17, 15) is 9.59 Å².